The maximum Gasteiger partial charge on any atom is 0.187 e. The zero-order valence-electron chi connectivity index (χ0n) is 14.6. The molecule has 0 N–H and O–H groups in total. The largest absolute Gasteiger partial charge is 0.295 e. The number of benzene rings is 2. The normalized spacial score (nSPS) is 18.5. The van der Waals surface area contributed by atoms with Crippen LogP contribution in [0.1, 0.15) is 18.1 Å². The molecular formula is C21H17Cl4NO. The summed E-state index contributed by atoms with van der Waals surface area (Å²) in [5.41, 5.74) is 2.56. The van der Waals surface area contributed by atoms with Gasteiger partial charge >= 0.3 is 0 Å². The molecule has 27 heavy (non-hydrogen) atoms. The standard InChI is InChI=1S/C21H17Cl4NO/c1-2-26-11-13(9-15-17(22)5-3-6-18(15)23)21(27)14(12-26)10-16-19(24)7-4-8-20(16)25/h3-10H,2,11-12H2,1H3. The summed E-state index contributed by atoms with van der Waals surface area (Å²) in [5, 5.41) is 2.04. The molecule has 0 aliphatic carbocycles. The summed E-state index contributed by atoms with van der Waals surface area (Å²) in [6.07, 6.45) is 3.55. The second kappa shape index (κ2) is 8.81. The molecule has 0 radical (unpaired) electrons. The van der Waals surface area contributed by atoms with E-state index in [9.17, 15) is 4.79 Å². The Morgan fingerprint density at radius 3 is 1.52 bits per heavy atom. The summed E-state index contributed by atoms with van der Waals surface area (Å²) in [7, 11) is 0. The summed E-state index contributed by atoms with van der Waals surface area (Å²) in [6.45, 7) is 3.92. The van der Waals surface area contributed by atoms with Crippen LogP contribution in [0.2, 0.25) is 20.1 Å². The molecule has 0 atom stereocenters. The van der Waals surface area contributed by atoms with Crippen LogP contribution < -0.4 is 0 Å². The van der Waals surface area contributed by atoms with Crippen LogP contribution in [0.4, 0.5) is 0 Å². The molecular weight excluding hydrogens is 424 g/mol. The molecule has 0 amide bonds. The van der Waals surface area contributed by atoms with Gasteiger partial charge in [0, 0.05) is 55.5 Å². The number of rotatable bonds is 3. The zero-order chi connectivity index (χ0) is 19.6. The van der Waals surface area contributed by atoms with Crippen molar-refractivity contribution in [1.29, 1.82) is 0 Å². The molecule has 0 aromatic heterocycles. The Labute approximate surface area is 179 Å². The highest BCUT2D eigenvalue weighted by Crippen LogP contribution is 2.31. The first-order valence-corrected chi connectivity index (χ1v) is 9.98. The maximum atomic E-state index is 13.1. The van der Waals surface area contributed by atoms with E-state index in [1.54, 1.807) is 48.6 Å². The molecule has 0 saturated carbocycles. The summed E-state index contributed by atoms with van der Waals surface area (Å²) < 4.78 is 0. The summed E-state index contributed by atoms with van der Waals surface area (Å²) in [4.78, 5) is 15.3. The SMILES string of the molecule is CCN1CC(=Cc2c(Cl)cccc2Cl)C(=O)C(=Cc2c(Cl)cccc2Cl)C1. The quantitative estimate of drug-likeness (QED) is 0.496. The van der Waals surface area contributed by atoms with Crippen molar-refractivity contribution in [3.63, 3.8) is 0 Å². The maximum absolute atomic E-state index is 13.1. The Morgan fingerprint density at radius 1 is 0.815 bits per heavy atom. The van der Waals surface area contributed by atoms with Crippen LogP contribution in [0.5, 0.6) is 0 Å². The van der Waals surface area contributed by atoms with Crippen LogP contribution in [0.25, 0.3) is 12.2 Å². The number of hydrogen-bond donors (Lipinski definition) is 0. The van der Waals surface area contributed by atoms with Crippen molar-refractivity contribution in [3.8, 4) is 0 Å². The van der Waals surface area contributed by atoms with Gasteiger partial charge in [-0.05, 0) is 43.0 Å². The lowest BCUT2D eigenvalue weighted by Crippen LogP contribution is -2.37. The van der Waals surface area contributed by atoms with Gasteiger partial charge in [-0.15, -0.1) is 0 Å². The van der Waals surface area contributed by atoms with E-state index >= 15 is 0 Å². The molecule has 1 heterocycles. The number of nitrogens with zero attached hydrogens (tertiary/aromatic N) is 1. The molecule has 6 heteroatoms. The Kier molecular flexibility index (Phi) is 6.67. The van der Waals surface area contributed by atoms with Gasteiger partial charge < -0.3 is 0 Å². The molecule has 2 nitrogen and oxygen atoms in total. The van der Waals surface area contributed by atoms with Crippen molar-refractivity contribution in [2.45, 2.75) is 6.92 Å². The molecule has 1 aliphatic rings. The number of likely N-dealkylation sites (tertiary alicyclic amines) is 1. The van der Waals surface area contributed by atoms with E-state index < -0.39 is 0 Å². The van der Waals surface area contributed by atoms with Crippen molar-refractivity contribution in [1.82, 2.24) is 4.90 Å². The Bertz CT molecular complexity index is 835. The lowest BCUT2D eigenvalue weighted by atomic mass is 9.94. The minimum atomic E-state index is -0.0494. The topological polar surface area (TPSA) is 20.3 Å². The first-order valence-electron chi connectivity index (χ1n) is 8.47. The van der Waals surface area contributed by atoms with E-state index in [2.05, 4.69) is 11.8 Å². The van der Waals surface area contributed by atoms with Gasteiger partial charge in [-0.1, -0.05) is 65.5 Å². The van der Waals surface area contributed by atoms with Gasteiger partial charge in [-0.25, -0.2) is 0 Å². The molecule has 1 fully saturated rings. The average molecular weight is 441 g/mol. The van der Waals surface area contributed by atoms with Crippen molar-refractivity contribution >= 4 is 64.3 Å². The van der Waals surface area contributed by atoms with Crippen LogP contribution in [0.15, 0.2) is 47.5 Å². The molecule has 0 bridgehead atoms. The van der Waals surface area contributed by atoms with E-state index in [4.69, 9.17) is 46.4 Å². The van der Waals surface area contributed by atoms with Gasteiger partial charge in [-0.3, -0.25) is 9.69 Å². The number of halogens is 4. The molecule has 140 valence electrons. The highest BCUT2D eigenvalue weighted by Gasteiger charge is 2.26. The molecule has 0 unspecified atom stereocenters. The van der Waals surface area contributed by atoms with Crippen molar-refractivity contribution in [2.75, 3.05) is 19.6 Å². The summed E-state index contributed by atoms with van der Waals surface area (Å²) in [6, 6.07) is 10.6. The molecule has 0 spiro atoms. The van der Waals surface area contributed by atoms with Crippen LogP contribution in [0.3, 0.4) is 0 Å². The first-order chi connectivity index (χ1) is 12.9. The minimum Gasteiger partial charge on any atom is -0.295 e. The van der Waals surface area contributed by atoms with Crippen LogP contribution in [-0.4, -0.2) is 30.3 Å². The number of ketones is 1. The van der Waals surface area contributed by atoms with Gasteiger partial charge in [0.05, 0.1) is 0 Å². The first kappa shape index (κ1) is 20.4. The number of likely N-dealkylation sites (N-methyl/N-ethyl adjacent to an activating group) is 1. The number of piperidine rings is 1. The molecule has 1 aliphatic heterocycles. The van der Waals surface area contributed by atoms with Crippen LogP contribution >= 0.6 is 46.4 Å². The van der Waals surface area contributed by atoms with E-state index in [-0.39, 0.29) is 5.78 Å². The second-order valence-electron chi connectivity index (χ2n) is 6.24. The highest BCUT2D eigenvalue weighted by atomic mass is 35.5. The Hall–Kier alpha value is -1.29. The third-order valence-corrected chi connectivity index (χ3v) is 5.77. The lowest BCUT2D eigenvalue weighted by Gasteiger charge is -2.29. The smallest absolute Gasteiger partial charge is 0.187 e. The van der Waals surface area contributed by atoms with Gasteiger partial charge in [0.25, 0.3) is 0 Å². The Morgan fingerprint density at radius 2 is 1.19 bits per heavy atom. The van der Waals surface area contributed by atoms with E-state index in [0.717, 1.165) is 6.54 Å². The van der Waals surface area contributed by atoms with Gasteiger partial charge in [0.1, 0.15) is 0 Å². The van der Waals surface area contributed by atoms with Crippen LogP contribution in [0, 0.1) is 0 Å². The Balaban J connectivity index is 2.06. The molecule has 2 aromatic rings. The van der Waals surface area contributed by atoms with Crippen molar-refractivity contribution in [3.05, 3.63) is 78.8 Å². The highest BCUT2D eigenvalue weighted by molar-refractivity contribution is 6.38. The van der Waals surface area contributed by atoms with E-state index in [0.29, 0.717) is 55.5 Å². The van der Waals surface area contributed by atoms with Gasteiger partial charge in [0.2, 0.25) is 0 Å². The summed E-state index contributed by atoms with van der Waals surface area (Å²) in [5.74, 6) is -0.0494. The average Bonchev–Trinajstić information content (AvgIpc) is 2.63. The fourth-order valence-corrected chi connectivity index (χ4v) is 3.99. The molecule has 1 saturated heterocycles. The predicted molar refractivity (Wildman–Crippen MR) is 116 cm³/mol. The van der Waals surface area contributed by atoms with Gasteiger partial charge in [0.15, 0.2) is 5.78 Å². The van der Waals surface area contributed by atoms with Crippen molar-refractivity contribution < 1.29 is 4.79 Å². The fourth-order valence-electron chi connectivity index (χ4n) is 2.98. The monoisotopic (exact) mass is 439 g/mol. The second-order valence-corrected chi connectivity index (χ2v) is 7.87. The van der Waals surface area contributed by atoms with E-state index in [1.807, 2.05) is 0 Å². The zero-order valence-corrected chi connectivity index (χ0v) is 17.6. The minimum absolute atomic E-state index is 0.0494. The fraction of sp³-hybridized carbons (Fsp3) is 0.190. The van der Waals surface area contributed by atoms with E-state index in [1.165, 1.54) is 0 Å². The summed E-state index contributed by atoms with van der Waals surface area (Å²) >= 11 is 25.1. The number of hydrogen-bond acceptors (Lipinski definition) is 2. The van der Waals surface area contributed by atoms with Crippen LogP contribution in [-0.2, 0) is 4.79 Å². The third kappa shape index (κ3) is 4.59. The van der Waals surface area contributed by atoms with Gasteiger partial charge in [-0.2, -0.15) is 0 Å². The third-order valence-electron chi connectivity index (χ3n) is 4.45. The molecule has 2 aromatic carbocycles. The molecule has 3 rings (SSSR count). The predicted octanol–water partition coefficient (Wildman–Crippen LogP) is 6.67. The number of carbonyl (C=O) groups is 1. The number of Topliss-reactive ketones (excluding diaryl/α,β-unsaturated/α-hetero) is 1. The lowest BCUT2D eigenvalue weighted by molar-refractivity contribution is -0.113. The van der Waals surface area contributed by atoms with Crippen molar-refractivity contribution in [2.24, 2.45) is 0 Å². The number of carbonyl (C=O) groups excluding carboxylic acids is 1.